The summed E-state index contributed by atoms with van der Waals surface area (Å²) in [5.41, 5.74) is 2.53. The van der Waals surface area contributed by atoms with Crippen molar-refractivity contribution in [1.29, 1.82) is 0 Å². The van der Waals surface area contributed by atoms with Crippen LogP contribution in [0.25, 0.3) is 0 Å². The van der Waals surface area contributed by atoms with Gasteiger partial charge < -0.3 is 5.11 Å². The third-order valence-corrected chi connectivity index (χ3v) is 4.88. The SMILES string of the molecule is CCC1CCC(C(=O)O)C(c2ccc(C(C)C)cc2)C1. The maximum absolute atomic E-state index is 11.5. The molecule has 1 aliphatic rings. The first-order valence-electron chi connectivity index (χ1n) is 7.85. The Hall–Kier alpha value is -1.31. The van der Waals surface area contributed by atoms with E-state index in [0.29, 0.717) is 11.8 Å². The van der Waals surface area contributed by atoms with Crippen molar-refractivity contribution >= 4 is 5.97 Å². The van der Waals surface area contributed by atoms with Crippen LogP contribution >= 0.6 is 0 Å². The van der Waals surface area contributed by atoms with Crippen molar-refractivity contribution in [2.45, 2.75) is 58.3 Å². The maximum atomic E-state index is 11.5. The zero-order valence-corrected chi connectivity index (χ0v) is 12.8. The van der Waals surface area contributed by atoms with Gasteiger partial charge in [0, 0.05) is 0 Å². The van der Waals surface area contributed by atoms with E-state index in [2.05, 4.69) is 45.0 Å². The van der Waals surface area contributed by atoms with Gasteiger partial charge in [-0.05, 0) is 48.1 Å². The Morgan fingerprint density at radius 1 is 1.25 bits per heavy atom. The molecule has 0 heterocycles. The van der Waals surface area contributed by atoms with E-state index < -0.39 is 5.97 Å². The van der Waals surface area contributed by atoms with Gasteiger partial charge in [-0.25, -0.2) is 0 Å². The Morgan fingerprint density at radius 3 is 2.40 bits per heavy atom. The number of carbonyl (C=O) groups is 1. The van der Waals surface area contributed by atoms with Crippen molar-refractivity contribution < 1.29 is 9.90 Å². The van der Waals surface area contributed by atoms with E-state index >= 15 is 0 Å². The number of benzene rings is 1. The number of aliphatic carboxylic acids is 1. The molecular formula is C18H26O2. The molecule has 3 atom stereocenters. The number of hydrogen-bond acceptors (Lipinski definition) is 1. The second kappa shape index (κ2) is 6.43. The average molecular weight is 274 g/mol. The fourth-order valence-electron chi connectivity index (χ4n) is 3.42. The summed E-state index contributed by atoms with van der Waals surface area (Å²) in [6.07, 6.45) is 4.07. The monoisotopic (exact) mass is 274 g/mol. The lowest BCUT2D eigenvalue weighted by Crippen LogP contribution is -2.29. The van der Waals surface area contributed by atoms with Gasteiger partial charge in [-0.3, -0.25) is 4.79 Å². The van der Waals surface area contributed by atoms with Crippen molar-refractivity contribution in [3.8, 4) is 0 Å². The minimum absolute atomic E-state index is 0.187. The normalized spacial score (nSPS) is 26.7. The first-order chi connectivity index (χ1) is 9.52. The molecule has 1 aromatic carbocycles. The lowest BCUT2D eigenvalue weighted by Gasteiger charge is -2.34. The number of hydrogen-bond donors (Lipinski definition) is 1. The molecule has 2 nitrogen and oxygen atoms in total. The zero-order valence-electron chi connectivity index (χ0n) is 12.8. The molecular weight excluding hydrogens is 248 g/mol. The van der Waals surface area contributed by atoms with Crippen LogP contribution in [0.3, 0.4) is 0 Å². The molecule has 0 saturated heterocycles. The Labute approximate surface area is 122 Å². The summed E-state index contributed by atoms with van der Waals surface area (Å²) in [5, 5.41) is 9.47. The molecule has 1 aromatic rings. The fraction of sp³-hybridized carbons (Fsp3) is 0.611. The molecule has 1 saturated carbocycles. The third kappa shape index (κ3) is 3.23. The van der Waals surface area contributed by atoms with E-state index in [1.165, 1.54) is 11.1 Å². The zero-order chi connectivity index (χ0) is 14.7. The predicted molar refractivity (Wildman–Crippen MR) is 82.0 cm³/mol. The molecule has 1 fully saturated rings. The smallest absolute Gasteiger partial charge is 0.307 e. The second-order valence-corrected chi connectivity index (χ2v) is 6.46. The van der Waals surface area contributed by atoms with Crippen LogP contribution in [0.15, 0.2) is 24.3 Å². The van der Waals surface area contributed by atoms with Gasteiger partial charge in [0.2, 0.25) is 0 Å². The molecule has 0 aromatic heterocycles. The summed E-state index contributed by atoms with van der Waals surface area (Å²) in [6, 6.07) is 8.62. The number of carboxylic acids is 1. The minimum Gasteiger partial charge on any atom is -0.481 e. The van der Waals surface area contributed by atoms with Gasteiger partial charge in [-0.1, -0.05) is 51.5 Å². The summed E-state index contributed by atoms with van der Waals surface area (Å²) >= 11 is 0. The average Bonchev–Trinajstić information content (AvgIpc) is 2.46. The second-order valence-electron chi connectivity index (χ2n) is 6.46. The molecule has 1 N–H and O–H groups in total. The van der Waals surface area contributed by atoms with E-state index in [4.69, 9.17) is 0 Å². The van der Waals surface area contributed by atoms with Crippen LogP contribution in [-0.4, -0.2) is 11.1 Å². The van der Waals surface area contributed by atoms with Crippen molar-refractivity contribution in [2.24, 2.45) is 11.8 Å². The quantitative estimate of drug-likeness (QED) is 0.856. The van der Waals surface area contributed by atoms with Gasteiger partial charge in [0.05, 0.1) is 5.92 Å². The molecule has 0 radical (unpaired) electrons. The van der Waals surface area contributed by atoms with Crippen LogP contribution in [0.5, 0.6) is 0 Å². The van der Waals surface area contributed by atoms with Gasteiger partial charge in [0.25, 0.3) is 0 Å². The summed E-state index contributed by atoms with van der Waals surface area (Å²) in [6.45, 7) is 6.58. The van der Waals surface area contributed by atoms with Gasteiger partial charge in [-0.2, -0.15) is 0 Å². The third-order valence-electron chi connectivity index (χ3n) is 4.88. The summed E-state index contributed by atoms with van der Waals surface area (Å²) in [7, 11) is 0. The van der Waals surface area contributed by atoms with Gasteiger partial charge in [0.1, 0.15) is 0 Å². The number of carboxylic acid groups (broad SMARTS) is 1. The van der Waals surface area contributed by atoms with Gasteiger partial charge >= 0.3 is 5.97 Å². The lowest BCUT2D eigenvalue weighted by atomic mass is 9.70. The van der Waals surface area contributed by atoms with Gasteiger partial charge in [0.15, 0.2) is 0 Å². The molecule has 0 amide bonds. The highest BCUT2D eigenvalue weighted by molar-refractivity contribution is 5.71. The van der Waals surface area contributed by atoms with Crippen molar-refractivity contribution in [3.05, 3.63) is 35.4 Å². The van der Waals surface area contributed by atoms with Crippen LogP contribution in [0.1, 0.15) is 69.4 Å². The van der Waals surface area contributed by atoms with Crippen LogP contribution in [0.4, 0.5) is 0 Å². The predicted octanol–water partition coefficient (Wildman–Crippen LogP) is 4.80. The van der Waals surface area contributed by atoms with E-state index in [1.807, 2.05) is 0 Å². The fourth-order valence-corrected chi connectivity index (χ4v) is 3.42. The molecule has 0 bridgehead atoms. The summed E-state index contributed by atoms with van der Waals surface area (Å²) in [5.74, 6) is 0.557. The van der Waals surface area contributed by atoms with Gasteiger partial charge in [-0.15, -0.1) is 0 Å². The van der Waals surface area contributed by atoms with E-state index in [0.717, 1.165) is 25.7 Å². The topological polar surface area (TPSA) is 37.3 Å². The molecule has 110 valence electrons. The van der Waals surface area contributed by atoms with Crippen LogP contribution in [0.2, 0.25) is 0 Å². The first kappa shape index (κ1) is 15.1. The minimum atomic E-state index is -0.627. The standard InChI is InChI=1S/C18H26O2/c1-4-13-5-10-16(18(19)20)17(11-13)15-8-6-14(7-9-15)12(2)3/h6-9,12-13,16-17H,4-5,10-11H2,1-3H3,(H,19,20). The molecule has 0 spiro atoms. The summed E-state index contributed by atoms with van der Waals surface area (Å²) < 4.78 is 0. The highest BCUT2D eigenvalue weighted by atomic mass is 16.4. The Bertz CT molecular complexity index is 447. The Balaban J connectivity index is 2.23. The van der Waals surface area contributed by atoms with E-state index in [-0.39, 0.29) is 11.8 Å². The Morgan fingerprint density at radius 2 is 1.90 bits per heavy atom. The molecule has 20 heavy (non-hydrogen) atoms. The lowest BCUT2D eigenvalue weighted by molar-refractivity contribution is -0.143. The molecule has 2 rings (SSSR count). The highest BCUT2D eigenvalue weighted by Gasteiger charge is 2.35. The van der Waals surface area contributed by atoms with Crippen molar-refractivity contribution in [1.82, 2.24) is 0 Å². The van der Waals surface area contributed by atoms with E-state index in [1.54, 1.807) is 0 Å². The molecule has 2 heteroatoms. The maximum Gasteiger partial charge on any atom is 0.307 e. The van der Waals surface area contributed by atoms with Crippen LogP contribution in [-0.2, 0) is 4.79 Å². The van der Waals surface area contributed by atoms with Crippen molar-refractivity contribution in [2.75, 3.05) is 0 Å². The Kier molecular flexibility index (Phi) is 4.85. The first-order valence-corrected chi connectivity index (χ1v) is 7.85. The summed E-state index contributed by atoms with van der Waals surface area (Å²) in [4.78, 5) is 11.5. The van der Waals surface area contributed by atoms with Crippen LogP contribution < -0.4 is 0 Å². The number of rotatable bonds is 4. The largest absolute Gasteiger partial charge is 0.481 e. The van der Waals surface area contributed by atoms with Crippen LogP contribution in [0, 0.1) is 11.8 Å². The molecule has 1 aliphatic carbocycles. The molecule has 3 unspecified atom stereocenters. The molecule has 0 aliphatic heterocycles. The van der Waals surface area contributed by atoms with E-state index in [9.17, 15) is 9.90 Å². The van der Waals surface area contributed by atoms with Crippen molar-refractivity contribution in [3.63, 3.8) is 0 Å². The highest BCUT2D eigenvalue weighted by Crippen LogP contribution is 2.42.